The summed E-state index contributed by atoms with van der Waals surface area (Å²) in [5.41, 5.74) is 1.40. The third kappa shape index (κ3) is 3.20. The van der Waals surface area contributed by atoms with Crippen LogP contribution in [0.5, 0.6) is 11.6 Å². The molecule has 1 aromatic heterocycles. The van der Waals surface area contributed by atoms with Gasteiger partial charge in [0.1, 0.15) is 17.5 Å². The Morgan fingerprint density at radius 1 is 1.16 bits per heavy atom. The van der Waals surface area contributed by atoms with Crippen LogP contribution in [0.2, 0.25) is 0 Å². The van der Waals surface area contributed by atoms with E-state index >= 15 is 0 Å². The molecule has 1 atom stereocenters. The van der Waals surface area contributed by atoms with Crippen molar-refractivity contribution in [3.05, 3.63) is 47.9 Å². The van der Waals surface area contributed by atoms with Gasteiger partial charge in [-0.1, -0.05) is 12.1 Å². The molecule has 1 N–H and O–H groups in total. The van der Waals surface area contributed by atoms with Crippen molar-refractivity contribution in [3.63, 3.8) is 0 Å². The maximum atomic E-state index is 10.2. The van der Waals surface area contributed by atoms with Crippen LogP contribution in [0, 0.1) is 0 Å². The number of aromatic nitrogens is 2. The van der Waals surface area contributed by atoms with Crippen LogP contribution < -0.4 is 9.47 Å². The van der Waals surface area contributed by atoms with E-state index in [-0.39, 0.29) is 0 Å². The minimum absolute atomic E-state index is 0.345. The summed E-state index contributed by atoms with van der Waals surface area (Å²) in [7, 11) is 3.12. The van der Waals surface area contributed by atoms with Gasteiger partial charge in [0.15, 0.2) is 0 Å². The van der Waals surface area contributed by atoms with Crippen molar-refractivity contribution in [3.8, 4) is 11.6 Å². The van der Waals surface area contributed by atoms with Gasteiger partial charge < -0.3 is 14.6 Å². The lowest BCUT2D eigenvalue weighted by molar-refractivity contribution is 0.167. The van der Waals surface area contributed by atoms with Gasteiger partial charge >= 0.3 is 0 Å². The van der Waals surface area contributed by atoms with Gasteiger partial charge in [0.05, 0.1) is 14.2 Å². The molecule has 0 radical (unpaired) electrons. The Morgan fingerprint density at radius 3 is 2.68 bits per heavy atom. The second kappa shape index (κ2) is 6.15. The summed E-state index contributed by atoms with van der Waals surface area (Å²) in [5, 5.41) is 10.2. The van der Waals surface area contributed by atoms with Gasteiger partial charge in [0.2, 0.25) is 5.88 Å². The zero-order valence-corrected chi connectivity index (χ0v) is 10.9. The van der Waals surface area contributed by atoms with Crippen molar-refractivity contribution in [1.82, 2.24) is 9.97 Å². The minimum atomic E-state index is -0.768. The van der Waals surface area contributed by atoms with Gasteiger partial charge in [-0.25, -0.2) is 4.98 Å². The van der Waals surface area contributed by atoms with Crippen molar-refractivity contribution in [2.75, 3.05) is 14.2 Å². The topological polar surface area (TPSA) is 64.5 Å². The number of rotatable bonds is 5. The highest BCUT2D eigenvalue weighted by Crippen LogP contribution is 2.24. The molecule has 0 aliphatic carbocycles. The number of benzene rings is 1. The second-order valence-electron chi connectivity index (χ2n) is 4.02. The Bertz CT molecular complexity index is 546. The first kappa shape index (κ1) is 13.3. The van der Waals surface area contributed by atoms with Crippen molar-refractivity contribution in [2.45, 2.75) is 12.5 Å². The summed E-state index contributed by atoms with van der Waals surface area (Å²) >= 11 is 0. The molecule has 0 bridgehead atoms. The van der Waals surface area contributed by atoms with E-state index in [1.807, 2.05) is 24.3 Å². The SMILES string of the molecule is COc1cccc(CC(O)c2nccnc2OC)c1. The summed E-state index contributed by atoms with van der Waals surface area (Å²) in [6.45, 7) is 0. The van der Waals surface area contributed by atoms with Crippen LogP contribution in [0.25, 0.3) is 0 Å². The Labute approximate surface area is 111 Å². The third-order valence-electron chi connectivity index (χ3n) is 2.76. The predicted molar refractivity (Wildman–Crippen MR) is 70.2 cm³/mol. The highest BCUT2D eigenvalue weighted by atomic mass is 16.5. The van der Waals surface area contributed by atoms with E-state index in [2.05, 4.69) is 9.97 Å². The van der Waals surface area contributed by atoms with Crippen molar-refractivity contribution >= 4 is 0 Å². The zero-order valence-electron chi connectivity index (χ0n) is 10.9. The fourth-order valence-corrected chi connectivity index (χ4v) is 1.84. The molecular weight excluding hydrogens is 244 g/mol. The highest BCUT2D eigenvalue weighted by molar-refractivity contribution is 5.30. The maximum absolute atomic E-state index is 10.2. The van der Waals surface area contributed by atoms with Crippen LogP contribution in [0.3, 0.4) is 0 Å². The van der Waals surface area contributed by atoms with Crippen LogP contribution in [0.1, 0.15) is 17.4 Å². The number of ether oxygens (including phenoxy) is 2. The molecule has 100 valence electrons. The normalized spacial score (nSPS) is 11.9. The van der Waals surface area contributed by atoms with Gasteiger partial charge in [0.25, 0.3) is 0 Å². The number of methoxy groups -OCH3 is 2. The first-order chi connectivity index (χ1) is 9.24. The Morgan fingerprint density at radius 2 is 1.95 bits per heavy atom. The number of hydrogen-bond acceptors (Lipinski definition) is 5. The van der Waals surface area contributed by atoms with Crippen LogP contribution in [-0.4, -0.2) is 29.3 Å². The first-order valence-electron chi connectivity index (χ1n) is 5.90. The Hall–Kier alpha value is -2.14. The lowest BCUT2D eigenvalue weighted by Crippen LogP contribution is -2.07. The number of nitrogens with zero attached hydrogens (tertiary/aromatic N) is 2. The maximum Gasteiger partial charge on any atom is 0.238 e. The van der Waals surface area contributed by atoms with Gasteiger partial charge in [0, 0.05) is 18.8 Å². The van der Waals surface area contributed by atoms with Crippen LogP contribution in [0.4, 0.5) is 0 Å². The summed E-state index contributed by atoms with van der Waals surface area (Å²) < 4.78 is 10.2. The number of aliphatic hydroxyl groups excluding tert-OH is 1. The minimum Gasteiger partial charge on any atom is -0.497 e. The van der Waals surface area contributed by atoms with Gasteiger partial charge in [-0.05, 0) is 17.7 Å². The molecule has 0 fully saturated rings. The smallest absolute Gasteiger partial charge is 0.238 e. The van der Waals surface area contributed by atoms with Crippen molar-refractivity contribution < 1.29 is 14.6 Å². The molecule has 2 aromatic rings. The van der Waals surface area contributed by atoms with Crippen molar-refractivity contribution in [1.29, 1.82) is 0 Å². The molecule has 19 heavy (non-hydrogen) atoms. The largest absolute Gasteiger partial charge is 0.497 e. The number of aliphatic hydroxyl groups is 1. The van der Waals surface area contributed by atoms with Gasteiger partial charge in [-0.2, -0.15) is 0 Å². The van der Waals surface area contributed by atoms with Crippen LogP contribution in [-0.2, 0) is 6.42 Å². The Balaban J connectivity index is 2.18. The molecule has 1 heterocycles. The van der Waals surface area contributed by atoms with E-state index < -0.39 is 6.10 Å². The molecule has 1 aromatic carbocycles. The summed E-state index contributed by atoms with van der Waals surface area (Å²) in [6, 6.07) is 7.55. The molecule has 0 saturated carbocycles. The molecule has 5 nitrogen and oxygen atoms in total. The van der Waals surface area contributed by atoms with E-state index in [4.69, 9.17) is 9.47 Å². The first-order valence-corrected chi connectivity index (χ1v) is 5.90. The summed E-state index contributed by atoms with van der Waals surface area (Å²) in [6.07, 6.45) is 2.72. The lowest BCUT2D eigenvalue weighted by atomic mass is 10.1. The van der Waals surface area contributed by atoms with Gasteiger partial charge in [-0.15, -0.1) is 0 Å². The summed E-state index contributed by atoms with van der Waals surface area (Å²) in [5.74, 6) is 1.11. The van der Waals surface area contributed by atoms with E-state index in [1.54, 1.807) is 7.11 Å². The highest BCUT2D eigenvalue weighted by Gasteiger charge is 2.16. The standard InChI is InChI=1S/C14H16N2O3/c1-18-11-5-3-4-10(8-11)9-12(17)13-14(19-2)16-7-6-15-13/h3-8,12,17H,9H2,1-2H3. The van der Waals surface area contributed by atoms with Gasteiger partial charge in [-0.3, -0.25) is 4.98 Å². The molecular formula is C14H16N2O3. The molecule has 0 amide bonds. The van der Waals surface area contributed by atoms with Crippen LogP contribution in [0.15, 0.2) is 36.7 Å². The average molecular weight is 260 g/mol. The van der Waals surface area contributed by atoms with E-state index in [9.17, 15) is 5.11 Å². The third-order valence-corrected chi connectivity index (χ3v) is 2.76. The second-order valence-corrected chi connectivity index (χ2v) is 4.02. The molecule has 0 aliphatic rings. The Kier molecular flexibility index (Phi) is 4.30. The quantitative estimate of drug-likeness (QED) is 0.887. The monoisotopic (exact) mass is 260 g/mol. The zero-order chi connectivity index (χ0) is 13.7. The number of hydrogen-bond donors (Lipinski definition) is 1. The molecule has 0 spiro atoms. The fraction of sp³-hybridized carbons (Fsp3) is 0.286. The molecule has 5 heteroatoms. The van der Waals surface area contributed by atoms with E-state index in [1.165, 1.54) is 19.5 Å². The predicted octanol–water partition coefficient (Wildman–Crippen LogP) is 1.77. The molecule has 2 rings (SSSR count). The fourth-order valence-electron chi connectivity index (χ4n) is 1.84. The van der Waals surface area contributed by atoms with Crippen LogP contribution >= 0.6 is 0 Å². The molecule has 0 aliphatic heterocycles. The van der Waals surface area contributed by atoms with E-state index in [0.29, 0.717) is 18.0 Å². The molecule has 0 saturated heterocycles. The van der Waals surface area contributed by atoms with Crippen molar-refractivity contribution in [2.24, 2.45) is 0 Å². The lowest BCUT2D eigenvalue weighted by Gasteiger charge is -2.13. The molecule has 1 unspecified atom stereocenters. The average Bonchev–Trinajstić information content (AvgIpc) is 2.47. The van der Waals surface area contributed by atoms with E-state index in [0.717, 1.165) is 11.3 Å². The summed E-state index contributed by atoms with van der Waals surface area (Å²) in [4.78, 5) is 8.14.